The molecule has 1 aliphatic carbocycles. The lowest BCUT2D eigenvalue weighted by Crippen LogP contribution is -2.46. The first-order chi connectivity index (χ1) is 20.9. The summed E-state index contributed by atoms with van der Waals surface area (Å²) in [6.07, 6.45) is 7.01. The van der Waals surface area contributed by atoms with Crippen LogP contribution in [0.15, 0.2) is 60.7 Å². The molecule has 3 fully saturated rings. The second-order valence-corrected chi connectivity index (χ2v) is 26.5. The first-order valence-corrected chi connectivity index (χ1v) is 23.2. The predicted octanol–water partition coefficient (Wildman–Crippen LogP) is 9.40. The Bertz CT molecular complexity index is 1230. The van der Waals surface area contributed by atoms with E-state index in [-0.39, 0.29) is 17.0 Å². The molecule has 2 aromatic carbocycles. The van der Waals surface area contributed by atoms with Gasteiger partial charge in [0.2, 0.25) is 5.91 Å². The molecule has 1 saturated carbocycles. The highest BCUT2D eigenvalue weighted by Crippen LogP contribution is 2.52. The average Bonchev–Trinajstić information content (AvgIpc) is 3.57. The Morgan fingerprint density at radius 2 is 1.16 bits per heavy atom. The Morgan fingerprint density at radius 3 is 1.62 bits per heavy atom. The van der Waals surface area contributed by atoms with Gasteiger partial charge in [-0.15, -0.1) is 0 Å². The lowest BCUT2D eigenvalue weighted by molar-refractivity contribution is -0.130. The molecule has 0 aromatic heterocycles. The van der Waals surface area contributed by atoms with E-state index in [2.05, 4.69) is 115 Å². The molecular weight excluding hydrogens is 589 g/mol. The van der Waals surface area contributed by atoms with Gasteiger partial charge in [-0.1, -0.05) is 102 Å². The summed E-state index contributed by atoms with van der Waals surface area (Å²) in [5, 5.41) is 0.507. The molecule has 5 rings (SSSR count). The van der Waals surface area contributed by atoms with E-state index in [0.717, 1.165) is 19.6 Å². The van der Waals surface area contributed by atoms with Crippen LogP contribution in [0.3, 0.4) is 0 Å². The number of hydrogen-bond donors (Lipinski definition) is 0. The van der Waals surface area contributed by atoms with Crippen molar-refractivity contribution < 1.29 is 13.6 Å². The standard InChI is InChI=1S/C20H33NOSi.C18H29NO2Si/c1-19(2,3)23(4,5)22-16-18-11-12-20(13-14-20)21(18)15-17-9-7-6-8-10-17;1-18(2,3)22(4,5)21-14-16-11-12-17(20)19(16)13-15-9-7-6-8-10-15/h6-10,18H,11-16H2,1-5H3;6-10,16H,11-14H2,1-5H3/t18-;16-/m11/s1. The highest BCUT2D eigenvalue weighted by molar-refractivity contribution is 6.74. The number of likely N-dealkylation sites (tertiary alicyclic amines) is 2. The molecule has 250 valence electrons. The van der Waals surface area contributed by atoms with E-state index >= 15 is 0 Å². The van der Waals surface area contributed by atoms with Gasteiger partial charge in [0.1, 0.15) is 0 Å². The van der Waals surface area contributed by atoms with Crippen molar-refractivity contribution in [1.29, 1.82) is 0 Å². The molecule has 0 bridgehead atoms. The molecule has 2 saturated heterocycles. The second-order valence-electron chi connectivity index (χ2n) is 16.9. The van der Waals surface area contributed by atoms with Gasteiger partial charge in [-0.05, 0) is 79.5 Å². The molecule has 1 amide bonds. The van der Waals surface area contributed by atoms with Crippen molar-refractivity contribution in [2.45, 2.75) is 147 Å². The summed E-state index contributed by atoms with van der Waals surface area (Å²) in [5.74, 6) is 0.257. The fourth-order valence-corrected chi connectivity index (χ4v) is 8.14. The van der Waals surface area contributed by atoms with Gasteiger partial charge in [0.15, 0.2) is 16.6 Å². The van der Waals surface area contributed by atoms with Gasteiger partial charge >= 0.3 is 0 Å². The Balaban J connectivity index is 0.000000205. The highest BCUT2D eigenvalue weighted by Gasteiger charge is 2.54. The lowest BCUT2D eigenvalue weighted by atomic mass is 10.1. The van der Waals surface area contributed by atoms with Crippen LogP contribution in [0, 0.1) is 0 Å². The molecule has 45 heavy (non-hydrogen) atoms. The minimum absolute atomic E-state index is 0.208. The largest absolute Gasteiger partial charge is 0.415 e. The van der Waals surface area contributed by atoms with Crippen molar-refractivity contribution >= 4 is 22.5 Å². The molecule has 1 spiro atoms. The van der Waals surface area contributed by atoms with Gasteiger partial charge in [-0.3, -0.25) is 9.69 Å². The second kappa shape index (κ2) is 14.1. The minimum Gasteiger partial charge on any atom is -0.415 e. The van der Waals surface area contributed by atoms with E-state index in [4.69, 9.17) is 8.85 Å². The van der Waals surface area contributed by atoms with Crippen molar-refractivity contribution in [3.8, 4) is 0 Å². The SMILES string of the molecule is CC(C)(C)[Si](C)(C)OC[C@H]1CCC(=O)N1Cc1ccccc1.CC(C)(C)[Si](C)(C)OC[C@H]1CCC2(CC2)N1Cc1ccccc1. The van der Waals surface area contributed by atoms with E-state index in [1.807, 2.05) is 23.1 Å². The summed E-state index contributed by atoms with van der Waals surface area (Å²) < 4.78 is 12.9. The van der Waals surface area contributed by atoms with Gasteiger partial charge in [0.25, 0.3) is 0 Å². The van der Waals surface area contributed by atoms with E-state index < -0.39 is 16.6 Å². The minimum atomic E-state index is -1.75. The first kappa shape index (κ1) is 36.1. The zero-order valence-corrected chi connectivity index (χ0v) is 32.1. The van der Waals surface area contributed by atoms with E-state index in [0.29, 0.717) is 36.2 Å². The average molecular weight is 651 g/mol. The monoisotopic (exact) mass is 650 g/mol. The summed E-state index contributed by atoms with van der Waals surface area (Å²) in [5.41, 5.74) is 3.14. The number of nitrogens with zero attached hydrogens (tertiary/aromatic N) is 2. The molecule has 5 nitrogen and oxygen atoms in total. The van der Waals surface area contributed by atoms with Crippen LogP contribution in [-0.4, -0.2) is 63.2 Å². The fourth-order valence-electron chi connectivity index (χ4n) is 6.06. The smallest absolute Gasteiger partial charge is 0.223 e. The number of amides is 1. The molecule has 3 aliphatic rings. The van der Waals surface area contributed by atoms with Gasteiger partial charge in [0.05, 0.1) is 12.6 Å². The predicted molar refractivity (Wildman–Crippen MR) is 193 cm³/mol. The Kier molecular flexibility index (Phi) is 11.3. The van der Waals surface area contributed by atoms with Gasteiger partial charge < -0.3 is 13.8 Å². The number of hydrogen-bond acceptors (Lipinski definition) is 4. The number of benzene rings is 2. The van der Waals surface area contributed by atoms with Crippen LogP contribution in [-0.2, 0) is 26.7 Å². The third-order valence-corrected chi connectivity index (χ3v) is 20.6. The van der Waals surface area contributed by atoms with Gasteiger partial charge in [-0.2, -0.15) is 0 Å². The van der Waals surface area contributed by atoms with Gasteiger partial charge in [-0.25, -0.2) is 0 Å². The van der Waals surface area contributed by atoms with E-state index in [1.165, 1.54) is 36.8 Å². The van der Waals surface area contributed by atoms with Gasteiger partial charge in [0, 0.05) is 37.7 Å². The summed E-state index contributed by atoms with van der Waals surface area (Å²) in [6.45, 7) is 26.4. The molecule has 0 N–H and O–H groups in total. The summed E-state index contributed by atoms with van der Waals surface area (Å²) in [7, 11) is -3.40. The van der Waals surface area contributed by atoms with Crippen molar-refractivity contribution in [2.24, 2.45) is 0 Å². The number of rotatable bonds is 10. The van der Waals surface area contributed by atoms with E-state index in [9.17, 15) is 4.79 Å². The summed E-state index contributed by atoms with van der Waals surface area (Å²) in [4.78, 5) is 17.0. The van der Waals surface area contributed by atoms with Crippen molar-refractivity contribution in [3.63, 3.8) is 0 Å². The molecule has 2 aliphatic heterocycles. The Morgan fingerprint density at radius 1 is 0.689 bits per heavy atom. The molecule has 2 heterocycles. The van der Waals surface area contributed by atoms with Crippen molar-refractivity contribution in [2.75, 3.05) is 13.2 Å². The topological polar surface area (TPSA) is 42.0 Å². The van der Waals surface area contributed by atoms with Crippen LogP contribution in [0.1, 0.15) is 91.2 Å². The maximum absolute atomic E-state index is 12.2. The lowest BCUT2D eigenvalue weighted by Gasteiger charge is -2.38. The normalized spacial score (nSPS) is 22.1. The molecular formula is C38H62N2O3Si2. The maximum atomic E-state index is 12.2. The third-order valence-electron chi connectivity index (χ3n) is 11.5. The molecule has 7 heteroatoms. The molecule has 2 atom stereocenters. The van der Waals surface area contributed by atoms with Crippen LogP contribution in [0.4, 0.5) is 0 Å². The van der Waals surface area contributed by atoms with Crippen LogP contribution < -0.4 is 0 Å². The van der Waals surface area contributed by atoms with Crippen molar-refractivity contribution in [1.82, 2.24) is 9.80 Å². The van der Waals surface area contributed by atoms with Crippen LogP contribution in [0.2, 0.25) is 36.3 Å². The zero-order valence-electron chi connectivity index (χ0n) is 30.1. The number of carbonyl (C=O) groups excluding carboxylic acids is 1. The van der Waals surface area contributed by atoms with Crippen LogP contribution in [0.5, 0.6) is 0 Å². The summed E-state index contributed by atoms with van der Waals surface area (Å²) >= 11 is 0. The van der Waals surface area contributed by atoms with E-state index in [1.54, 1.807) is 0 Å². The third kappa shape index (κ3) is 9.19. The molecule has 2 aromatic rings. The first-order valence-electron chi connectivity index (χ1n) is 17.4. The Labute approximate surface area is 277 Å². The molecule has 0 radical (unpaired) electrons. The summed E-state index contributed by atoms with van der Waals surface area (Å²) in [6, 6.07) is 22.0. The highest BCUT2D eigenvalue weighted by atomic mass is 28.4. The van der Waals surface area contributed by atoms with Crippen LogP contribution in [0.25, 0.3) is 0 Å². The maximum Gasteiger partial charge on any atom is 0.223 e. The van der Waals surface area contributed by atoms with Crippen LogP contribution >= 0.6 is 0 Å². The van der Waals surface area contributed by atoms with Crippen molar-refractivity contribution in [3.05, 3.63) is 71.8 Å². The fraction of sp³-hybridized carbons (Fsp3) is 0.658. The molecule has 0 unspecified atom stereocenters. The zero-order chi connectivity index (χ0) is 33.1. The Hall–Kier alpha value is -1.78. The quantitative estimate of drug-likeness (QED) is 0.240. The number of carbonyl (C=O) groups is 1.